The average Bonchev–Trinajstić information content (AvgIpc) is 1.79. The Bertz CT molecular complexity index is 134. The van der Waals surface area contributed by atoms with Gasteiger partial charge in [0.2, 0.25) is 0 Å². The van der Waals surface area contributed by atoms with Gasteiger partial charge in [0, 0.05) is 0 Å². The monoisotopic (exact) mass is 210 g/mol. The number of hydrogen-bond donors (Lipinski definition) is 0. The van der Waals surface area contributed by atoms with E-state index in [1.807, 2.05) is 0 Å². The Kier molecular flexibility index (Phi) is 3.21. The van der Waals surface area contributed by atoms with Gasteiger partial charge in [-0.3, -0.25) is 0 Å². The molecule has 0 saturated carbocycles. The molecule has 0 nitrogen and oxygen atoms in total. The van der Waals surface area contributed by atoms with Crippen LogP contribution in [0.4, 0.5) is 0 Å². The van der Waals surface area contributed by atoms with Crippen LogP contribution in [0, 0.1) is 0 Å². The van der Waals surface area contributed by atoms with Gasteiger partial charge in [0.25, 0.3) is 0 Å². The van der Waals surface area contributed by atoms with Gasteiger partial charge in [-0.15, -0.1) is 0 Å². The van der Waals surface area contributed by atoms with Crippen LogP contribution in [0.1, 0.15) is 25.7 Å². The Morgan fingerprint density at radius 1 is 1.11 bits per heavy atom. The molecule has 0 aromatic rings. The molecule has 0 fully saturated rings. The van der Waals surface area contributed by atoms with Crippen LogP contribution in [0.5, 0.6) is 0 Å². The van der Waals surface area contributed by atoms with E-state index in [-0.39, 0.29) is 0 Å². The molecule has 0 aromatic heterocycles. The van der Waals surface area contributed by atoms with Crippen molar-refractivity contribution in [2.75, 3.05) is 0 Å². The van der Waals surface area contributed by atoms with Crippen molar-refractivity contribution in [3.05, 3.63) is 22.4 Å². The first-order valence-corrected chi connectivity index (χ1v) is 4.19. The molecule has 0 spiro atoms. The number of rotatable bonds is 0. The fraction of sp³-hybridized carbons (Fsp3) is 0.500. The standard InChI is InChI=1S/C8H11.Rh/c1-2-4-6-8-7-5-3-1;/h1-2,7H,3-6H2;. The summed E-state index contributed by atoms with van der Waals surface area (Å²) in [5.41, 5.74) is 0. The summed E-state index contributed by atoms with van der Waals surface area (Å²) >= 11 is 2.97. The van der Waals surface area contributed by atoms with Crippen molar-refractivity contribution < 1.29 is 18.3 Å². The third-order valence-electron chi connectivity index (χ3n) is 1.40. The van der Waals surface area contributed by atoms with Gasteiger partial charge in [-0.2, -0.15) is 0 Å². The molecular weight excluding hydrogens is 199 g/mol. The summed E-state index contributed by atoms with van der Waals surface area (Å²) in [7, 11) is 0. The molecule has 52 valence electrons. The van der Waals surface area contributed by atoms with Gasteiger partial charge >= 0.3 is 66.4 Å². The summed E-state index contributed by atoms with van der Waals surface area (Å²) in [6.07, 6.45) is 11.7. The summed E-state index contributed by atoms with van der Waals surface area (Å²) in [6, 6.07) is 0. The summed E-state index contributed by atoms with van der Waals surface area (Å²) in [5.74, 6) is 0. The molecule has 1 aliphatic carbocycles. The predicted molar refractivity (Wildman–Crippen MR) is 35.7 cm³/mol. The number of hydrogen-bond acceptors (Lipinski definition) is 0. The molecule has 0 atom stereocenters. The molecule has 1 aliphatic rings. The van der Waals surface area contributed by atoms with Crippen molar-refractivity contribution in [2.45, 2.75) is 25.7 Å². The maximum absolute atomic E-state index is 2.97. The van der Waals surface area contributed by atoms with E-state index in [1.54, 1.807) is 0 Å². The Morgan fingerprint density at radius 3 is 2.78 bits per heavy atom. The number of allylic oxidation sites excluding steroid dienone is 4. The van der Waals surface area contributed by atoms with E-state index in [1.165, 1.54) is 29.9 Å². The second-order valence-electron chi connectivity index (χ2n) is 2.21. The van der Waals surface area contributed by atoms with Crippen molar-refractivity contribution in [1.82, 2.24) is 0 Å². The van der Waals surface area contributed by atoms with Gasteiger partial charge in [-0.05, 0) is 0 Å². The van der Waals surface area contributed by atoms with Crippen molar-refractivity contribution in [1.29, 1.82) is 0 Å². The van der Waals surface area contributed by atoms with Gasteiger partial charge in [-0.1, -0.05) is 0 Å². The summed E-state index contributed by atoms with van der Waals surface area (Å²) in [5, 5.41) is 0. The van der Waals surface area contributed by atoms with Crippen LogP contribution >= 0.6 is 0 Å². The molecule has 0 unspecified atom stereocenters. The third kappa shape index (κ3) is 2.96. The summed E-state index contributed by atoms with van der Waals surface area (Å²) in [6.45, 7) is 0. The van der Waals surface area contributed by atoms with Crippen LogP contribution in [0.25, 0.3) is 0 Å². The zero-order valence-electron chi connectivity index (χ0n) is 5.39. The Hall–Kier alpha value is 0.103. The van der Waals surface area contributed by atoms with Crippen molar-refractivity contribution in [3.63, 3.8) is 0 Å². The molecule has 0 bridgehead atoms. The van der Waals surface area contributed by atoms with Crippen molar-refractivity contribution in [3.8, 4) is 0 Å². The maximum atomic E-state index is 2.97. The van der Waals surface area contributed by atoms with Crippen LogP contribution in [0.2, 0.25) is 0 Å². The zero-order valence-corrected chi connectivity index (χ0v) is 7.03. The van der Waals surface area contributed by atoms with Crippen LogP contribution in [-0.2, 0) is 18.3 Å². The Morgan fingerprint density at radius 2 is 1.89 bits per heavy atom. The summed E-state index contributed by atoms with van der Waals surface area (Å²) in [4.78, 5) is 0. The topological polar surface area (TPSA) is 0 Å². The Balaban J connectivity index is 2.41. The van der Waals surface area contributed by atoms with Crippen LogP contribution in [0.15, 0.2) is 22.4 Å². The molecule has 0 heterocycles. The quantitative estimate of drug-likeness (QED) is 0.425. The fourth-order valence-electron chi connectivity index (χ4n) is 0.882. The van der Waals surface area contributed by atoms with E-state index < -0.39 is 0 Å². The van der Waals surface area contributed by atoms with Crippen LogP contribution in [-0.4, -0.2) is 0 Å². The molecule has 0 saturated heterocycles. The van der Waals surface area contributed by atoms with E-state index in [4.69, 9.17) is 0 Å². The second-order valence-corrected chi connectivity index (χ2v) is 3.26. The average molecular weight is 210 g/mol. The van der Waals surface area contributed by atoms with Gasteiger partial charge in [-0.25, -0.2) is 0 Å². The van der Waals surface area contributed by atoms with Crippen LogP contribution < -0.4 is 0 Å². The molecule has 1 rings (SSSR count). The van der Waals surface area contributed by atoms with Crippen molar-refractivity contribution >= 4 is 0 Å². The third-order valence-corrected chi connectivity index (χ3v) is 2.14. The van der Waals surface area contributed by atoms with Gasteiger partial charge < -0.3 is 0 Å². The zero-order chi connectivity index (χ0) is 6.53. The SMILES string of the molecule is [Rh][C]1=CCCC=CCC1. The minimum absolute atomic E-state index is 1.21. The van der Waals surface area contributed by atoms with E-state index in [9.17, 15) is 0 Å². The van der Waals surface area contributed by atoms with Gasteiger partial charge in [0.1, 0.15) is 0 Å². The van der Waals surface area contributed by atoms with Gasteiger partial charge in [0.15, 0.2) is 0 Å². The first kappa shape index (κ1) is 7.21. The summed E-state index contributed by atoms with van der Waals surface area (Å²) < 4.78 is 1.44. The van der Waals surface area contributed by atoms with E-state index in [2.05, 4.69) is 36.5 Å². The molecule has 0 N–H and O–H groups in total. The molecule has 0 radical (unpaired) electrons. The first-order chi connectivity index (χ1) is 4.39. The predicted octanol–water partition coefficient (Wildman–Crippen LogP) is 2.55. The molecule has 1 heteroatoms. The molecule has 0 amide bonds. The Labute approximate surface area is 66.7 Å². The van der Waals surface area contributed by atoms with Crippen molar-refractivity contribution in [2.24, 2.45) is 0 Å². The molecule has 0 aromatic carbocycles. The van der Waals surface area contributed by atoms with Crippen LogP contribution in [0.3, 0.4) is 0 Å². The fourth-order valence-corrected chi connectivity index (χ4v) is 1.36. The second kappa shape index (κ2) is 4.01. The van der Waals surface area contributed by atoms with E-state index in [0.29, 0.717) is 0 Å². The minimum atomic E-state index is 1.21. The van der Waals surface area contributed by atoms with E-state index >= 15 is 0 Å². The molecular formula is C8H11Rh. The van der Waals surface area contributed by atoms with E-state index in [0.717, 1.165) is 0 Å². The first-order valence-electron chi connectivity index (χ1n) is 3.37. The normalized spacial score (nSPS) is 20.4. The molecule has 0 aliphatic heterocycles. The van der Waals surface area contributed by atoms with Gasteiger partial charge in [0.05, 0.1) is 0 Å². The molecule has 9 heavy (non-hydrogen) atoms.